The molecule has 7 nitrogen and oxygen atoms in total. The summed E-state index contributed by atoms with van der Waals surface area (Å²) in [6.45, 7) is 6.12. The van der Waals surface area contributed by atoms with Gasteiger partial charge < -0.3 is 10.3 Å². The molecule has 8 heteroatoms. The Kier molecular flexibility index (Phi) is 5.61. The minimum absolute atomic E-state index is 0.0346. The number of fused-ring (bicyclic) bond motifs is 2. The zero-order valence-corrected chi connectivity index (χ0v) is 21.6. The van der Waals surface area contributed by atoms with Gasteiger partial charge in [-0.25, -0.2) is 0 Å². The highest BCUT2D eigenvalue weighted by molar-refractivity contribution is 7.08. The van der Waals surface area contributed by atoms with E-state index in [1.54, 1.807) is 29.9 Å². The molecule has 0 fully saturated rings. The van der Waals surface area contributed by atoms with Gasteiger partial charge in [0.25, 0.3) is 0 Å². The molecule has 5 heterocycles. The third kappa shape index (κ3) is 4.63. The highest BCUT2D eigenvalue weighted by atomic mass is 32.1. The Morgan fingerprint density at radius 1 is 1.00 bits per heavy atom. The van der Waals surface area contributed by atoms with Crippen molar-refractivity contribution in [1.29, 1.82) is 0 Å². The summed E-state index contributed by atoms with van der Waals surface area (Å²) in [6.07, 6.45) is 5.62. The number of aromatic amines is 2. The van der Waals surface area contributed by atoms with E-state index >= 15 is 0 Å². The molecule has 1 aromatic carbocycles. The van der Waals surface area contributed by atoms with Crippen molar-refractivity contribution in [3.8, 4) is 33.8 Å². The highest BCUT2D eigenvalue weighted by Gasteiger charge is 2.17. The third-order valence-corrected chi connectivity index (χ3v) is 6.89. The Labute approximate surface area is 218 Å². The zero-order valence-electron chi connectivity index (χ0n) is 20.8. The number of aromatic nitrogens is 5. The van der Waals surface area contributed by atoms with Gasteiger partial charge in [0.15, 0.2) is 0 Å². The van der Waals surface area contributed by atoms with Crippen molar-refractivity contribution in [2.75, 3.05) is 5.32 Å². The monoisotopic (exact) mass is 506 g/mol. The molecule has 5 aromatic heterocycles. The van der Waals surface area contributed by atoms with Crippen LogP contribution in [0.15, 0.2) is 71.8 Å². The fourth-order valence-electron chi connectivity index (χ4n) is 4.57. The molecule has 0 unspecified atom stereocenters. The molecule has 0 atom stereocenters. The number of rotatable bonds is 5. The number of benzene rings is 1. The lowest BCUT2D eigenvalue weighted by Crippen LogP contribution is -2.19. The molecule has 6 aromatic rings. The van der Waals surface area contributed by atoms with Crippen LogP contribution in [0.1, 0.15) is 27.2 Å². The van der Waals surface area contributed by atoms with Crippen LogP contribution in [0.5, 0.6) is 0 Å². The standard InChI is InChI=1S/C29H26N6OS/c1-29(2,3)12-27(36)32-19-9-18(13-30-14-19)24-11-22-26(15-31-24)34-35-28(22)25-10-21-20(17-7-8-37-16-17)5-4-6-23(21)33-25/h4-11,13-16,33H,12H2,1-3H3,(H,32,36)(H,34,35). The van der Waals surface area contributed by atoms with Crippen molar-refractivity contribution in [3.63, 3.8) is 0 Å². The number of carbonyl (C=O) groups is 1. The second kappa shape index (κ2) is 8.97. The molecule has 0 bridgehead atoms. The van der Waals surface area contributed by atoms with Gasteiger partial charge in [0.05, 0.1) is 35.0 Å². The number of nitrogens with one attached hydrogen (secondary N) is 3. The quantitative estimate of drug-likeness (QED) is 0.229. The van der Waals surface area contributed by atoms with E-state index in [4.69, 9.17) is 0 Å². The molecule has 3 N–H and O–H groups in total. The second-order valence-electron chi connectivity index (χ2n) is 10.4. The van der Waals surface area contributed by atoms with Crippen LogP contribution in [0.4, 0.5) is 5.69 Å². The molecule has 37 heavy (non-hydrogen) atoms. The maximum absolute atomic E-state index is 12.4. The van der Waals surface area contributed by atoms with Crippen LogP contribution in [0.3, 0.4) is 0 Å². The summed E-state index contributed by atoms with van der Waals surface area (Å²) in [5.41, 5.74) is 8.20. The predicted molar refractivity (Wildman–Crippen MR) is 150 cm³/mol. The molecule has 0 aliphatic heterocycles. The lowest BCUT2D eigenvalue weighted by molar-refractivity contribution is -0.117. The van der Waals surface area contributed by atoms with E-state index < -0.39 is 0 Å². The van der Waals surface area contributed by atoms with Crippen LogP contribution in [0.25, 0.3) is 55.6 Å². The van der Waals surface area contributed by atoms with Crippen LogP contribution in [-0.2, 0) is 4.79 Å². The Balaban J connectivity index is 1.36. The first-order valence-electron chi connectivity index (χ1n) is 12.1. The summed E-state index contributed by atoms with van der Waals surface area (Å²) in [7, 11) is 0. The predicted octanol–water partition coefficient (Wildman–Crippen LogP) is 7.27. The summed E-state index contributed by atoms with van der Waals surface area (Å²) >= 11 is 1.69. The number of thiophene rings is 1. The van der Waals surface area contributed by atoms with Gasteiger partial charge in [-0.15, -0.1) is 0 Å². The van der Waals surface area contributed by atoms with E-state index in [1.165, 1.54) is 11.1 Å². The van der Waals surface area contributed by atoms with Gasteiger partial charge in [0.1, 0.15) is 5.69 Å². The Hall–Kier alpha value is -4.30. The maximum Gasteiger partial charge on any atom is 0.224 e. The summed E-state index contributed by atoms with van der Waals surface area (Å²) in [4.78, 5) is 24.9. The second-order valence-corrected chi connectivity index (χ2v) is 11.2. The minimum Gasteiger partial charge on any atom is -0.353 e. The molecule has 0 saturated carbocycles. The van der Waals surface area contributed by atoms with E-state index in [0.717, 1.165) is 44.5 Å². The molecule has 0 saturated heterocycles. The van der Waals surface area contributed by atoms with Crippen molar-refractivity contribution in [2.45, 2.75) is 27.2 Å². The fraction of sp³-hybridized carbons (Fsp3) is 0.172. The molecule has 184 valence electrons. The first kappa shape index (κ1) is 23.1. The number of carbonyl (C=O) groups excluding carboxylic acids is 1. The van der Waals surface area contributed by atoms with Gasteiger partial charge in [-0.05, 0) is 57.6 Å². The SMILES string of the molecule is CC(C)(C)CC(=O)Nc1cncc(-c2cc3c(-c4cc5c(-c6ccsc6)cccc5[nH]4)n[nH]c3cn2)c1. The van der Waals surface area contributed by atoms with Crippen LogP contribution < -0.4 is 5.32 Å². The molecule has 0 spiro atoms. The van der Waals surface area contributed by atoms with E-state index in [2.05, 4.69) is 71.6 Å². The normalized spacial score (nSPS) is 11.9. The lowest BCUT2D eigenvalue weighted by atomic mass is 9.92. The van der Waals surface area contributed by atoms with Gasteiger partial charge in [-0.3, -0.25) is 19.9 Å². The Bertz CT molecular complexity index is 1740. The van der Waals surface area contributed by atoms with Crippen LogP contribution >= 0.6 is 11.3 Å². The number of amides is 1. The van der Waals surface area contributed by atoms with Gasteiger partial charge >= 0.3 is 0 Å². The molecule has 0 aliphatic rings. The number of hydrogen-bond acceptors (Lipinski definition) is 5. The Morgan fingerprint density at radius 2 is 1.89 bits per heavy atom. The van der Waals surface area contributed by atoms with Crippen LogP contribution in [0.2, 0.25) is 0 Å². The first-order chi connectivity index (χ1) is 17.8. The Morgan fingerprint density at radius 3 is 2.70 bits per heavy atom. The van der Waals surface area contributed by atoms with Crippen molar-refractivity contribution in [3.05, 3.63) is 71.8 Å². The number of H-pyrrole nitrogens is 2. The molecular formula is C29H26N6OS. The number of nitrogens with zero attached hydrogens (tertiary/aromatic N) is 3. The van der Waals surface area contributed by atoms with Crippen LogP contribution in [-0.4, -0.2) is 31.1 Å². The fourth-order valence-corrected chi connectivity index (χ4v) is 5.22. The van der Waals surface area contributed by atoms with Gasteiger partial charge in [0.2, 0.25) is 5.91 Å². The maximum atomic E-state index is 12.4. The third-order valence-electron chi connectivity index (χ3n) is 6.21. The van der Waals surface area contributed by atoms with Gasteiger partial charge in [-0.2, -0.15) is 16.4 Å². The first-order valence-corrected chi connectivity index (χ1v) is 13.0. The smallest absolute Gasteiger partial charge is 0.224 e. The average molecular weight is 507 g/mol. The van der Waals surface area contributed by atoms with Crippen molar-refractivity contribution >= 4 is 44.7 Å². The van der Waals surface area contributed by atoms with E-state index in [-0.39, 0.29) is 11.3 Å². The molecule has 6 rings (SSSR count). The topological polar surface area (TPSA) is 99.4 Å². The number of anilines is 1. The van der Waals surface area contributed by atoms with E-state index in [0.29, 0.717) is 12.1 Å². The van der Waals surface area contributed by atoms with Crippen molar-refractivity contribution in [2.24, 2.45) is 5.41 Å². The van der Waals surface area contributed by atoms with Gasteiger partial charge in [0, 0.05) is 34.5 Å². The molecule has 0 radical (unpaired) electrons. The number of pyridine rings is 2. The summed E-state index contributed by atoms with van der Waals surface area (Å²) in [5.74, 6) is -0.0346. The van der Waals surface area contributed by atoms with Gasteiger partial charge in [-0.1, -0.05) is 32.9 Å². The lowest BCUT2D eigenvalue weighted by Gasteiger charge is -2.17. The highest BCUT2D eigenvalue weighted by Crippen LogP contribution is 2.35. The molecular weight excluding hydrogens is 480 g/mol. The van der Waals surface area contributed by atoms with Crippen molar-refractivity contribution in [1.82, 2.24) is 25.1 Å². The molecule has 1 amide bonds. The largest absolute Gasteiger partial charge is 0.353 e. The minimum atomic E-state index is -0.0908. The summed E-state index contributed by atoms with van der Waals surface area (Å²) in [6, 6.07) is 14.5. The summed E-state index contributed by atoms with van der Waals surface area (Å²) in [5, 5.41) is 17.0. The summed E-state index contributed by atoms with van der Waals surface area (Å²) < 4.78 is 0. The van der Waals surface area contributed by atoms with E-state index in [1.807, 2.05) is 32.9 Å². The number of hydrogen-bond donors (Lipinski definition) is 3. The van der Waals surface area contributed by atoms with E-state index in [9.17, 15) is 4.79 Å². The zero-order chi connectivity index (χ0) is 25.6. The van der Waals surface area contributed by atoms with Crippen LogP contribution in [0, 0.1) is 5.41 Å². The average Bonchev–Trinajstić information content (AvgIpc) is 3.61. The van der Waals surface area contributed by atoms with Crippen molar-refractivity contribution < 1.29 is 4.79 Å². The molecule has 0 aliphatic carbocycles.